The van der Waals surface area contributed by atoms with Crippen LogP contribution >= 0.6 is 15.9 Å². The van der Waals surface area contributed by atoms with Gasteiger partial charge in [0.05, 0.1) is 11.9 Å². The van der Waals surface area contributed by atoms with Crippen molar-refractivity contribution < 1.29 is 18.0 Å². The zero-order chi connectivity index (χ0) is 28.6. The van der Waals surface area contributed by atoms with Crippen molar-refractivity contribution in [3.8, 4) is 0 Å². The van der Waals surface area contributed by atoms with Crippen molar-refractivity contribution in [3.63, 3.8) is 0 Å². The largest absolute Gasteiger partial charge is 0.354 e. The highest BCUT2D eigenvalue weighted by Gasteiger charge is 2.33. The Kier molecular flexibility index (Phi) is 10.7. The molecule has 0 aliphatic heterocycles. The molecule has 0 aliphatic carbocycles. The molecule has 39 heavy (non-hydrogen) atoms. The summed E-state index contributed by atoms with van der Waals surface area (Å²) < 4.78 is 27.9. The van der Waals surface area contributed by atoms with Crippen LogP contribution in [0.2, 0.25) is 0 Å². The third kappa shape index (κ3) is 8.41. The summed E-state index contributed by atoms with van der Waals surface area (Å²) in [5.41, 5.74) is 3.85. The average molecular weight is 615 g/mol. The normalized spacial score (nSPS) is 12.0. The smallest absolute Gasteiger partial charge is 0.244 e. The van der Waals surface area contributed by atoms with E-state index in [4.69, 9.17) is 0 Å². The summed E-state index contributed by atoms with van der Waals surface area (Å²) in [6.45, 7) is 5.88. The summed E-state index contributed by atoms with van der Waals surface area (Å²) in [4.78, 5) is 29.1. The summed E-state index contributed by atoms with van der Waals surface area (Å²) in [6, 6.07) is 21.6. The quantitative estimate of drug-likeness (QED) is 0.311. The van der Waals surface area contributed by atoms with Crippen LogP contribution in [0.1, 0.15) is 35.6 Å². The first kappa shape index (κ1) is 30.4. The number of hydrogen-bond acceptors (Lipinski definition) is 4. The maximum atomic E-state index is 14.1. The molecule has 0 fully saturated rings. The highest BCUT2D eigenvalue weighted by Crippen LogP contribution is 2.26. The molecule has 0 heterocycles. The molecular formula is C30H36BrN3O4S. The third-order valence-corrected chi connectivity index (χ3v) is 8.21. The molecule has 0 saturated carbocycles. The van der Waals surface area contributed by atoms with Crippen LogP contribution < -0.4 is 9.62 Å². The van der Waals surface area contributed by atoms with Gasteiger partial charge in [-0.25, -0.2) is 8.42 Å². The predicted octanol–water partition coefficient (Wildman–Crippen LogP) is 5.00. The number of amides is 2. The molecule has 1 N–H and O–H groups in total. The number of halogens is 1. The lowest BCUT2D eigenvalue weighted by Gasteiger charge is -2.34. The number of carbonyl (C=O) groups is 2. The molecule has 7 nitrogen and oxygen atoms in total. The van der Waals surface area contributed by atoms with Crippen LogP contribution in [0.15, 0.2) is 77.3 Å². The Morgan fingerprint density at radius 1 is 0.949 bits per heavy atom. The van der Waals surface area contributed by atoms with Gasteiger partial charge in [-0.3, -0.25) is 13.9 Å². The first-order chi connectivity index (χ1) is 18.5. The Labute approximate surface area is 240 Å². The molecule has 3 aromatic carbocycles. The van der Waals surface area contributed by atoms with Gasteiger partial charge < -0.3 is 10.2 Å². The number of nitrogens with one attached hydrogen (secondary N) is 1. The maximum absolute atomic E-state index is 14.1. The number of anilines is 1. The van der Waals surface area contributed by atoms with Gasteiger partial charge in [0.15, 0.2) is 0 Å². The van der Waals surface area contributed by atoms with Gasteiger partial charge in [0.2, 0.25) is 21.8 Å². The third-order valence-electron chi connectivity index (χ3n) is 6.59. The Hall–Kier alpha value is -3.17. The van der Waals surface area contributed by atoms with Crippen LogP contribution in [0, 0.1) is 13.8 Å². The SMILES string of the molecule is CCCNC(=O)[C@H](Cc1ccccc1)N(Cc1cccc(Br)c1)C(=O)CN(c1cccc(C)c1C)S(C)(=O)=O. The van der Waals surface area contributed by atoms with E-state index in [0.717, 1.165) is 43.7 Å². The Morgan fingerprint density at radius 3 is 2.26 bits per heavy atom. The van der Waals surface area contributed by atoms with Crippen LogP contribution in [0.3, 0.4) is 0 Å². The van der Waals surface area contributed by atoms with Gasteiger partial charge in [0.25, 0.3) is 0 Å². The van der Waals surface area contributed by atoms with Gasteiger partial charge in [0, 0.05) is 24.0 Å². The number of carbonyl (C=O) groups excluding carboxylic acids is 2. The van der Waals surface area contributed by atoms with E-state index in [9.17, 15) is 18.0 Å². The number of nitrogens with zero attached hydrogens (tertiary/aromatic N) is 2. The molecule has 3 rings (SSSR count). The van der Waals surface area contributed by atoms with Crippen molar-refractivity contribution in [3.05, 3.63) is 99.5 Å². The van der Waals surface area contributed by atoms with Gasteiger partial charge in [0.1, 0.15) is 12.6 Å². The lowest BCUT2D eigenvalue weighted by molar-refractivity contribution is -0.140. The van der Waals surface area contributed by atoms with E-state index in [1.165, 1.54) is 4.90 Å². The van der Waals surface area contributed by atoms with E-state index in [0.29, 0.717) is 18.7 Å². The molecule has 0 radical (unpaired) electrons. The van der Waals surface area contributed by atoms with Crippen molar-refractivity contribution >= 4 is 43.5 Å². The monoisotopic (exact) mass is 613 g/mol. The van der Waals surface area contributed by atoms with Crippen molar-refractivity contribution in [2.24, 2.45) is 0 Å². The summed E-state index contributed by atoms with van der Waals surface area (Å²) in [6.07, 6.45) is 2.13. The molecule has 0 aliphatic rings. The lowest BCUT2D eigenvalue weighted by atomic mass is 10.0. The molecule has 0 bridgehead atoms. The van der Waals surface area contributed by atoms with E-state index in [-0.39, 0.29) is 12.5 Å². The van der Waals surface area contributed by atoms with E-state index >= 15 is 0 Å². The molecule has 3 aromatic rings. The summed E-state index contributed by atoms with van der Waals surface area (Å²) in [5, 5.41) is 2.94. The highest BCUT2D eigenvalue weighted by atomic mass is 79.9. The fraction of sp³-hybridized carbons (Fsp3) is 0.333. The summed E-state index contributed by atoms with van der Waals surface area (Å²) in [7, 11) is -3.81. The fourth-order valence-electron chi connectivity index (χ4n) is 4.35. The van der Waals surface area contributed by atoms with Crippen LogP contribution in [-0.4, -0.2) is 50.5 Å². The Bertz CT molecular complexity index is 1400. The van der Waals surface area contributed by atoms with Crippen LogP contribution in [0.25, 0.3) is 0 Å². The Morgan fingerprint density at radius 2 is 1.62 bits per heavy atom. The number of rotatable bonds is 12. The van der Waals surface area contributed by atoms with Crippen molar-refractivity contribution in [2.75, 3.05) is 23.7 Å². The minimum atomic E-state index is -3.81. The second-order valence-corrected chi connectivity index (χ2v) is 12.5. The minimum Gasteiger partial charge on any atom is -0.354 e. The molecule has 0 unspecified atom stereocenters. The minimum absolute atomic E-state index is 0.139. The van der Waals surface area contributed by atoms with Crippen molar-refractivity contribution in [1.29, 1.82) is 0 Å². The van der Waals surface area contributed by atoms with Crippen LogP contribution in [0.5, 0.6) is 0 Å². The van der Waals surface area contributed by atoms with Crippen molar-refractivity contribution in [2.45, 2.75) is 46.2 Å². The average Bonchev–Trinajstić information content (AvgIpc) is 2.89. The second-order valence-electron chi connectivity index (χ2n) is 9.64. The molecular weight excluding hydrogens is 578 g/mol. The van der Waals surface area contributed by atoms with Gasteiger partial charge in [-0.15, -0.1) is 0 Å². The molecule has 1 atom stereocenters. The predicted molar refractivity (Wildman–Crippen MR) is 160 cm³/mol. The van der Waals surface area contributed by atoms with Gasteiger partial charge in [-0.05, 0) is 60.7 Å². The molecule has 0 saturated heterocycles. The van der Waals surface area contributed by atoms with Crippen LogP contribution in [-0.2, 0) is 32.6 Å². The first-order valence-corrected chi connectivity index (χ1v) is 15.5. The molecule has 2 amide bonds. The van der Waals surface area contributed by atoms with E-state index in [1.807, 2.05) is 81.4 Å². The first-order valence-electron chi connectivity index (χ1n) is 12.9. The fourth-order valence-corrected chi connectivity index (χ4v) is 5.70. The molecule has 0 spiro atoms. The summed E-state index contributed by atoms with van der Waals surface area (Å²) in [5.74, 6) is -0.740. The second kappa shape index (κ2) is 13.8. The highest BCUT2D eigenvalue weighted by molar-refractivity contribution is 9.10. The van der Waals surface area contributed by atoms with E-state index in [1.54, 1.807) is 12.1 Å². The molecule has 9 heteroatoms. The molecule has 208 valence electrons. The van der Waals surface area contributed by atoms with Crippen molar-refractivity contribution in [1.82, 2.24) is 10.2 Å². The van der Waals surface area contributed by atoms with Gasteiger partial charge in [-0.2, -0.15) is 0 Å². The number of sulfonamides is 1. The van der Waals surface area contributed by atoms with Gasteiger partial charge in [-0.1, -0.05) is 77.5 Å². The Balaban J connectivity index is 2.07. The zero-order valence-corrected chi connectivity index (χ0v) is 25.3. The summed E-state index contributed by atoms with van der Waals surface area (Å²) >= 11 is 3.48. The maximum Gasteiger partial charge on any atom is 0.244 e. The molecule has 0 aromatic heterocycles. The number of benzene rings is 3. The van der Waals surface area contributed by atoms with Gasteiger partial charge >= 0.3 is 0 Å². The zero-order valence-electron chi connectivity index (χ0n) is 22.9. The lowest BCUT2D eigenvalue weighted by Crippen LogP contribution is -2.53. The van der Waals surface area contributed by atoms with Crippen LogP contribution in [0.4, 0.5) is 5.69 Å². The van der Waals surface area contributed by atoms with E-state index in [2.05, 4.69) is 21.2 Å². The van der Waals surface area contributed by atoms with E-state index < -0.39 is 28.5 Å². The topological polar surface area (TPSA) is 86.8 Å². The standard InChI is InChI=1S/C30H36BrN3O4S/c1-5-17-32-30(36)28(19-24-12-7-6-8-13-24)33(20-25-14-10-15-26(31)18-25)29(35)21-34(39(4,37)38)27-16-9-11-22(2)23(27)3/h6-16,18,28H,5,17,19-21H2,1-4H3,(H,32,36)/t28-/m0/s1. The number of aryl methyl sites for hydroxylation is 1. The number of hydrogen-bond donors (Lipinski definition) is 1.